The number of nitrogens with zero attached hydrogens (tertiary/aromatic N) is 1. The normalized spacial score (nSPS) is 14.2. The van der Waals surface area contributed by atoms with E-state index >= 15 is 0 Å². The van der Waals surface area contributed by atoms with Crippen molar-refractivity contribution in [2.24, 2.45) is 5.73 Å². The number of hydrogen-bond donors (Lipinski definition) is 1. The molecule has 0 fully saturated rings. The molecule has 0 saturated heterocycles. The summed E-state index contributed by atoms with van der Waals surface area (Å²) in [6, 6.07) is -0.243. The van der Waals surface area contributed by atoms with Crippen LogP contribution in [0.25, 0.3) is 0 Å². The van der Waals surface area contributed by atoms with Crippen LogP contribution in [0.3, 0.4) is 0 Å². The number of carbonyl (C=O) groups is 1. The molecule has 0 spiro atoms. The Morgan fingerprint density at radius 2 is 1.85 bits per heavy atom. The lowest BCUT2D eigenvalue weighted by molar-refractivity contribution is -0.870. The van der Waals surface area contributed by atoms with Crippen molar-refractivity contribution in [3.05, 3.63) is 0 Å². The smallest absolute Gasteiger partial charge is 0.146 e. The predicted molar refractivity (Wildman–Crippen MR) is 55.4 cm³/mol. The van der Waals surface area contributed by atoms with E-state index in [0.717, 1.165) is 30.3 Å². The molecule has 0 bridgehead atoms. The van der Waals surface area contributed by atoms with Crippen LogP contribution in [0.5, 0.6) is 0 Å². The zero-order valence-corrected chi connectivity index (χ0v) is 9.34. The fourth-order valence-corrected chi connectivity index (χ4v) is 1.15. The van der Waals surface area contributed by atoms with Gasteiger partial charge in [-0.25, -0.2) is 0 Å². The fraction of sp³-hybridized carbons (Fsp3) is 0.900. The SMILES string of the molecule is CC(=O)C(N)CCCC[N+](C)(C)C. The van der Waals surface area contributed by atoms with Gasteiger partial charge in [0, 0.05) is 0 Å². The molecule has 3 nitrogen and oxygen atoms in total. The van der Waals surface area contributed by atoms with E-state index in [1.807, 2.05) is 0 Å². The molecule has 3 heteroatoms. The summed E-state index contributed by atoms with van der Waals surface area (Å²) in [5.41, 5.74) is 5.61. The quantitative estimate of drug-likeness (QED) is 0.493. The largest absolute Gasteiger partial charge is 0.331 e. The topological polar surface area (TPSA) is 43.1 Å². The van der Waals surface area contributed by atoms with Gasteiger partial charge in [-0.2, -0.15) is 0 Å². The van der Waals surface area contributed by atoms with Crippen LogP contribution < -0.4 is 5.73 Å². The van der Waals surface area contributed by atoms with E-state index in [9.17, 15) is 4.79 Å². The lowest BCUT2D eigenvalue weighted by atomic mass is 10.1. The monoisotopic (exact) mass is 187 g/mol. The molecule has 1 unspecified atom stereocenters. The number of carbonyl (C=O) groups excluding carboxylic acids is 1. The number of hydrogen-bond acceptors (Lipinski definition) is 2. The molecule has 0 aromatic heterocycles. The number of ketones is 1. The minimum atomic E-state index is -0.243. The number of quaternary nitrogens is 1. The third-order valence-electron chi connectivity index (χ3n) is 2.12. The van der Waals surface area contributed by atoms with Gasteiger partial charge in [0.15, 0.2) is 0 Å². The van der Waals surface area contributed by atoms with Crippen LogP contribution in [0.15, 0.2) is 0 Å². The van der Waals surface area contributed by atoms with Gasteiger partial charge in [0.1, 0.15) is 5.78 Å². The van der Waals surface area contributed by atoms with Crippen LogP contribution >= 0.6 is 0 Å². The summed E-state index contributed by atoms with van der Waals surface area (Å²) in [6.07, 6.45) is 3.02. The highest BCUT2D eigenvalue weighted by Gasteiger charge is 2.09. The molecular formula is C10H23N2O+. The van der Waals surface area contributed by atoms with E-state index < -0.39 is 0 Å². The van der Waals surface area contributed by atoms with Gasteiger partial charge in [-0.15, -0.1) is 0 Å². The van der Waals surface area contributed by atoms with Gasteiger partial charge in [-0.1, -0.05) is 0 Å². The molecule has 0 saturated carbocycles. The summed E-state index contributed by atoms with van der Waals surface area (Å²) in [5.74, 6) is 0.102. The summed E-state index contributed by atoms with van der Waals surface area (Å²) in [5, 5.41) is 0. The van der Waals surface area contributed by atoms with Crippen molar-refractivity contribution < 1.29 is 9.28 Å². The van der Waals surface area contributed by atoms with E-state index in [2.05, 4.69) is 21.1 Å². The molecule has 0 aromatic rings. The lowest BCUT2D eigenvalue weighted by Gasteiger charge is -2.23. The Kier molecular flexibility index (Phi) is 5.18. The van der Waals surface area contributed by atoms with Crippen LogP contribution in [0.4, 0.5) is 0 Å². The van der Waals surface area contributed by atoms with Crippen LogP contribution in [0, 0.1) is 0 Å². The molecular weight excluding hydrogens is 164 g/mol. The average molecular weight is 187 g/mol. The average Bonchev–Trinajstić information content (AvgIpc) is 1.95. The number of unbranched alkanes of at least 4 members (excludes halogenated alkanes) is 1. The minimum absolute atomic E-state index is 0.102. The highest BCUT2D eigenvalue weighted by Crippen LogP contribution is 2.03. The Labute approximate surface area is 81.5 Å². The van der Waals surface area contributed by atoms with Gasteiger partial charge in [0.2, 0.25) is 0 Å². The fourth-order valence-electron chi connectivity index (χ4n) is 1.15. The molecule has 2 N–H and O–H groups in total. The van der Waals surface area contributed by atoms with E-state index in [-0.39, 0.29) is 11.8 Å². The first-order valence-corrected chi connectivity index (χ1v) is 4.89. The van der Waals surface area contributed by atoms with Crippen molar-refractivity contribution in [2.45, 2.75) is 32.2 Å². The Hall–Kier alpha value is -0.410. The standard InChI is InChI=1S/C10H23N2O/c1-9(13)10(11)7-5-6-8-12(2,3)4/h10H,5-8,11H2,1-4H3/q+1. The van der Waals surface area contributed by atoms with Crippen LogP contribution in [0.1, 0.15) is 26.2 Å². The van der Waals surface area contributed by atoms with Gasteiger partial charge in [0.05, 0.1) is 33.7 Å². The van der Waals surface area contributed by atoms with Gasteiger partial charge in [0.25, 0.3) is 0 Å². The second-order valence-corrected chi connectivity index (χ2v) is 4.73. The van der Waals surface area contributed by atoms with E-state index in [0.29, 0.717) is 0 Å². The zero-order chi connectivity index (χ0) is 10.5. The maximum Gasteiger partial charge on any atom is 0.146 e. The first-order chi connectivity index (χ1) is 5.83. The van der Waals surface area contributed by atoms with Crippen LogP contribution in [-0.2, 0) is 4.79 Å². The van der Waals surface area contributed by atoms with E-state index in [1.165, 1.54) is 0 Å². The van der Waals surface area contributed by atoms with Gasteiger partial charge < -0.3 is 10.2 Å². The Bertz CT molecular complexity index is 161. The summed E-state index contributed by atoms with van der Waals surface area (Å²) < 4.78 is 0.981. The first kappa shape index (κ1) is 12.6. The molecule has 0 heterocycles. The minimum Gasteiger partial charge on any atom is -0.331 e. The molecule has 0 rings (SSSR count). The highest BCUT2D eigenvalue weighted by atomic mass is 16.1. The Morgan fingerprint density at radius 1 is 1.31 bits per heavy atom. The van der Waals surface area contributed by atoms with E-state index in [4.69, 9.17) is 5.73 Å². The molecule has 0 aromatic carbocycles. The molecule has 0 radical (unpaired) electrons. The summed E-state index contributed by atoms with van der Waals surface area (Å²) >= 11 is 0. The lowest BCUT2D eigenvalue weighted by Crippen LogP contribution is -2.35. The summed E-state index contributed by atoms with van der Waals surface area (Å²) in [4.78, 5) is 10.8. The molecule has 0 aliphatic heterocycles. The number of rotatable bonds is 6. The first-order valence-electron chi connectivity index (χ1n) is 4.89. The summed E-state index contributed by atoms with van der Waals surface area (Å²) in [7, 11) is 6.51. The second kappa shape index (κ2) is 5.35. The molecule has 0 amide bonds. The molecule has 13 heavy (non-hydrogen) atoms. The maximum atomic E-state index is 10.8. The van der Waals surface area contributed by atoms with E-state index in [1.54, 1.807) is 6.92 Å². The summed E-state index contributed by atoms with van der Waals surface area (Å²) in [6.45, 7) is 2.70. The molecule has 0 aliphatic rings. The Balaban J connectivity index is 3.41. The Morgan fingerprint density at radius 3 is 2.23 bits per heavy atom. The van der Waals surface area contributed by atoms with Crippen molar-refractivity contribution in [1.82, 2.24) is 0 Å². The van der Waals surface area contributed by atoms with Crippen molar-refractivity contribution in [3.8, 4) is 0 Å². The number of Topliss-reactive ketones (excluding diaryl/α,β-unsaturated/α-hetero) is 1. The van der Waals surface area contributed by atoms with Crippen LogP contribution in [-0.4, -0.2) is 44.0 Å². The third kappa shape index (κ3) is 7.94. The van der Waals surface area contributed by atoms with Gasteiger partial charge >= 0.3 is 0 Å². The van der Waals surface area contributed by atoms with Gasteiger partial charge in [-0.05, 0) is 26.2 Å². The third-order valence-corrected chi connectivity index (χ3v) is 2.12. The second-order valence-electron chi connectivity index (χ2n) is 4.73. The highest BCUT2D eigenvalue weighted by molar-refractivity contribution is 5.80. The van der Waals surface area contributed by atoms with Crippen molar-refractivity contribution in [1.29, 1.82) is 0 Å². The van der Waals surface area contributed by atoms with Gasteiger partial charge in [-0.3, -0.25) is 4.79 Å². The van der Waals surface area contributed by atoms with Crippen molar-refractivity contribution in [2.75, 3.05) is 27.7 Å². The zero-order valence-electron chi connectivity index (χ0n) is 9.34. The molecule has 1 atom stereocenters. The predicted octanol–water partition coefficient (Wildman–Crippen LogP) is 0.779. The molecule has 78 valence electrons. The maximum absolute atomic E-state index is 10.8. The van der Waals surface area contributed by atoms with Crippen LogP contribution in [0.2, 0.25) is 0 Å². The number of nitrogens with two attached hydrogens (primary N) is 1. The molecule has 0 aliphatic carbocycles. The van der Waals surface area contributed by atoms with Crippen molar-refractivity contribution in [3.63, 3.8) is 0 Å². The van der Waals surface area contributed by atoms with Crippen molar-refractivity contribution >= 4 is 5.78 Å².